The molecule has 0 aliphatic heterocycles. The summed E-state index contributed by atoms with van der Waals surface area (Å²) >= 11 is 0. The molecular weight excluding hydrogens is 248 g/mol. The normalized spacial score (nSPS) is 10.4. The maximum atomic E-state index is 11.6. The quantitative estimate of drug-likeness (QED) is 0.852. The van der Waals surface area contributed by atoms with E-state index in [1.54, 1.807) is 25.1 Å². The number of anilines is 1. The Kier molecular flexibility index (Phi) is 3.79. The smallest absolute Gasteiger partial charge is 0.306 e. The van der Waals surface area contributed by atoms with Crippen LogP contribution in [0.25, 0.3) is 11.1 Å². The number of carbonyl (C=O) groups excluding carboxylic acids is 2. The maximum Gasteiger partial charge on any atom is 0.306 e. The van der Waals surface area contributed by atoms with Crippen LogP contribution in [-0.4, -0.2) is 24.0 Å². The minimum Gasteiger partial charge on any atom is -0.469 e. The first-order valence-corrected chi connectivity index (χ1v) is 5.82. The van der Waals surface area contributed by atoms with Gasteiger partial charge in [-0.1, -0.05) is 0 Å². The van der Waals surface area contributed by atoms with Crippen molar-refractivity contribution >= 4 is 28.7 Å². The molecule has 0 aliphatic carbocycles. The van der Waals surface area contributed by atoms with Gasteiger partial charge in [-0.3, -0.25) is 9.59 Å². The Hall–Kier alpha value is -2.37. The van der Waals surface area contributed by atoms with Gasteiger partial charge in [-0.15, -0.1) is 0 Å². The number of aromatic nitrogens is 1. The number of esters is 1. The van der Waals surface area contributed by atoms with E-state index in [4.69, 9.17) is 4.42 Å². The highest BCUT2D eigenvalue weighted by atomic mass is 16.5. The van der Waals surface area contributed by atoms with Crippen molar-refractivity contribution in [3.05, 3.63) is 24.1 Å². The molecule has 0 atom stereocenters. The van der Waals surface area contributed by atoms with Crippen molar-refractivity contribution in [2.45, 2.75) is 19.8 Å². The van der Waals surface area contributed by atoms with Gasteiger partial charge in [0.2, 0.25) is 5.91 Å². The van der Waals surface area contributed by atoms with Crippen LogP contribution in [0.1, 0.15) is 18.7 Å². The largest absolute Gasteiger partial charge is 0.469 e. The number of methoxy groups -OCH3 is 1. The number of hydrogen-bond donors (Lipinski definition) is 1. The minimum absolute atomic E-state index is 0.0615. The number of rotatable bonds is 4. The second-order valence-electron chi connectivity index (χ2n) is 4.04. The topological polar surface area (TPSA) is 81.4 Å². The van der Waals surface area contributed by atoms with Gasteiger partial charge in [0, 0.05) is 25.1 Å². The van der Waals surface area contributed by atoms with E-state index in [-0.39, 0.29) is 18.7 Å². The molecule has 1 aromatic carbocycles. The van der Waals surface area contributed by atoms with E-state index in [9.17, 15) is 9.59 Å². The first-order valence-electron chi connectivity index (χ1n) is 5.82. The SMILES string of the molecule is COC(=O)CCC(=O)Nc1ccc2nc(C)oc2c1. The number of aryl methyl sites for hydroxylation is 1. The Morgan fingerprint density at radius 2 is 2.16 bits per heavy atom. The summed E-state index contributed by atoms with van der Waals surface area (Å²) in [6.07, 6.45) is 0.145. The third-order valence-corrected chi connectivity index (χ3v) is 2.56. The molecule has 0 bridgehead atoms. The maximum absolute atomic E-state index is 11.6. The number of amides is 1. The summed E-state index contributed by atoms with van der Waals surface area (Å²) < 4.78 is 9.84. The summed E-state index contributed by atoms with van der Waals surface area (Å²) in [7, 11) is 1.29. The van der Waals surface area contributed by atoms with Gasteiger partial charge in [-0.25, -0.2) is 4.98 Å². The lowest BCUT2D eigenvalue weighted by atomic mass is 10.2. The van der Waals surface area contributed by atoms with Crippen molar-refractivity contribution in [3.63, 3.8) is 0 Å². The van der Waals surface area contributed by atoms with E-state index in [2.05, 4.69) is 15.0 Å². The van der Waals surface area contributed by atoms with Crippen LogP contribution in [0.3, 0.4) is 0 Å². The van der Waals surface area contributed by atoms with Gasteiger partial charge in [0.05, 0.1) is 13.5 Å². The molecule has 19 heavy (non-hydrogen) atoms. The Balaban J connectivity index is 2.00. The first kappa shape index (κ1) is 13.1. The highest BCUT2D eigenvalue weighted by Crippen LogP contribution is 2.19. The highest BCUT2D eigenvalue weighted by Gasteiger charge is 2.08. The fourth-order valence-corrected chi connectivity index (χ4v) is 1.66. The van der Waals surface area contributed by atoms with Gasteiger partial charge in [0.1, 0.15) is 5.52 Å². The minimum atomic E-state index is -0.406. The fraction of sp³-hybridized carbons (Fsp3) is 0.308. The van der Waals surface area contributed by atoms with Crippen LogP contribution in [-0.2, 0) is 14.3 Å². The van der Waals surface area contributed by atoms with E-state index in [1.807, 2.05) is 0 Å². The van der Waals surface area contributed by atoms with Crippen LogP contribution in [0.15, 0.2) is 22.6 Å². The molecule has 0 saturated carbocycles. The highest BCUT2D eigenvalue weighted by molar-refractivity contribution is 5.94. The van der Waals surface area contributed by atoms with Crippen molar-refractivity contribution in [1.29, 1.82) is 0 Å². The molecule has 0 saturated heterocycles. The van der Waals surface area contributed by atoms with Gasteiger partial charge in [-0.2, -0.15) is 0 Å². The van der Waals surface area contributed by atoms with Gasteiger partial charge >= 0.3 is 5.97 Å². The van der Waals surface area contributed by atoms with Crippen LogP contribution >= 0.6 is 0 Å². The molecule has 2 aromatic rings. The van der Waals surface area contributed by atoms with Crippen LogP contribution in [0.4, 0.5) is 5.69 Å². The molecular formula is C13H14N2O4. The average Bonchev–Trinajstić information content (AvgIpc) is 2.75. The van der Waals surface area contributed by atoms with Crippen molar-refractivity contribution < 1.29 is 18.7 Å². The van der Waals surface area contributed by atoms with E-state index < -0.39 is 5.97 Å². The molecule has 0 unspecified atom stereocenters. The number of ether oxygens (including phenoxy) is 1. The van der Waals surface area contributed by atoms with Crippen molar-refractivity contribution in [2.75, 3.05) is 12.4 Å². The van der Waals surface area contributed by atoms with Gasteiger partial charge in [0.25, 0.3) is 0 Å². The van der Waals surface area contributed by atoms with Gasteiger partial charge in [0.15, 0.2) is 11.5 Å². The molecule has 1 heterocycles. The third kappa shape index (κ3) is 3.31. The Labute approximate surface area is 109 Å². The Bertz CT molecular complexity index is 618. The van der Waals surface area contributed by atoms with Gasteiger partial charge in [-0.05, 0) is 12.1 Å². The van der Waals surface area contributed by atoms with E-state index in [0.717, 1.165) is 5.52 Å². The predicted molar refractivity (Wildman–Crippen MR) is 68.6 cm³/mol. The molecule has 1 aromatic heterocycles. The zero-order valence-electron chi connectivity index (χ0n) is 10.7. The number of hydrogen-bond acceptors (Lipinski definition) is 5. The summed E-state index contributed by atoms with van der Waals surface area (Å²) in [5, 5.41) is 2.69. The second-order valence-corrected chi connectivity index (χ2v) is 4.04. The Morgan fingerprint density at radius 3 is 2.89 bits per heavy atom. The number of fused-ring (bicyclic) bond motifs is 1. The van der Waals surface area contributed by atoms with Crippen LogP contribution in [0, 0.1) is 6.92 Å². The molecule has 6 nitrogen and oxygen atoms in total. The van der Waals surface area contributed by atoms with Crippen molar-refractivity contribution in [1.82, 2.24) is 4.98 Å². The molecule has 0 spiro atoms. The molecule has 100 valence electrons. The lowest BCUT2D eigenvalue weighted by molar-refractivity contribution is -0.141. The zero-order valence-corrected chi connectivity index (χ0v) is 10.7. The molecule has 1 N–H and O–H groups in total. The van der Waals surface area contributed by atoms with Crippen LogP contribution in [0.5, 0.6) is 0 Å². The summed E-state index contributed by atoms with van der Waals surface area (Å²) in [5.74, 6) is -0.0818. The number of carbonyl (C=O) groups is 2. The lowest BCUT2D eigenvalue weighted by Gasteiger charge is -2.04. The summed E-state index contributed by atoms with van der Waals surface area (Å²) in [5.41, 5.74) is 1.96. The summed E-state index contributed by atoms with van der Waals surface area (Å²) in [6.45, 7) is 1.76. The number of nitrogens with zero attached hydrogens (tertiary/aromatic N) is 1. The van der Waals surface area contributed by atoms with Crippen LogP contribution < -0.4 is 5.32 Å². The molecule has 0 radical (unpaired) electrons. The van der Waals surface area contributed by atoms with Crippen molar-refractivity contribution in [2.24, 2.45) is 0 Å². The third-order valence-electron chi connectivity index (χ3n) is 2.56. The predicted octanol–water partition coefficient (Wildman–Crippen LogP) is 2.03. The standard InChI is InChI=1S/C13H14N2O4/c1-8-14-10-4-3-9(7-11(10)19-8)15-12(16)5-6-13(17)18-2/h3-4,7H,5-6H2,1-2H3,(H,15,16). The van der Waals surface area contributed by atoms with E-state index >= 15 is 0 Å². The average molecular weight is 262 g/mol. The summed E-state index contributed by atoms with van der Waals surface area (Å²) in [4.78, 5) is 26.7. The molecule has 0 fully saturated rings. The second kappa shape index (κ2) is 5.51. The summed E-state index contributed by atoms with van der Waals surface area (Å²) in [6, 6.07) is 5.20. The fourth-order valence-electron chi connectivity index (χ4n) is 1.66. The first-order chi connectivity index (χ1) is 9.08. The zero-order chi connectivity index (χ0) is 13.8. The number of oxazole rings is 1. The van der Waals surface area contributed by atoms with E-state index in [0.29, 0.717) is 17.2 Å². The Morgan fingerprint density at radius 1 is 1.37 bits per heavy atom. The lowest BCUT2D eigenvalue weighted by Crippen LogP contribution is -2.13. The molecule has 2 rings (SSSR count). The monoisotopic (exact) mass is 262 g/mol. The van der Waals surface area contributed by atoms with Crippen molar-refractivity contribution in [3.8, 4) is 0 Å². The molecule has 6 heteroatoms. The number of benzene rings is 1. The van der Waals surface area contributed by atoms with E-state index in [1.165, 1.54) is 7.11 Å². The molecule has 1 amide bonds. The molecule has 0 aliphatic rings. The van der Waals surface area contributed by atoms with Crippen LogP contribution in [0.2, 0.25) is 0 Å². The van der Waals surface area contributed by atoms with Gasteiger partial charge < -0.3 is 14.5 Å². The number of nitrogens with one attached hydrogen (secondary N) is 1.